The third kappa shape index (κ3) is 7.97. The zero-order valence-electron chi connectivity index (χ0n) is 31.8. The molecular weight excluding hydrogens is 753 g/mol. The Morgan fingerprint density at radius 1 is 1.09 bits per heavy atom. The molecule has 2 amide bonds. The van der Waals surface area contributed by atoms with E-state index in [2.05, 4.69) is 4.72 Å². The number of aromatic nitrogens is 2. The number of benzene rings is 2. The molecule has 7 rings (SSSR count). The van der Waals surface area contributed by atoms with Gasteiger partial charge in [0.25, 0.3) is 6.01 Å². The number of carbonyl (C=O) groups is 3. The fourth-order valence-electron chi connectivity index (χ4n) is 8.39. The lowest BCUT2D eigenvalue weighted by Gasteiger charge is -2.29. The quantitative estimate of drug-likeness (QED) is 0.185. The topological polar surface area (TPSA) is 128 Å². The van der Waals surface area contributed by atoms with Crippen molar-refractivity contribution in [2.24, 2.45) is 17.3 Å². The van der Waals surface area contributed by atoms with Crippen LogP contribution in [0.25, 0.3) is 11.0 Å². The van der Waals surface area contributed by atoms with Gasteiger partial charge in [-0.15, -0.1) is 0 Å². The maximum Gasteiger partial charge on any atom is 0.416 e. The second kappa shape index (κ2) is 14.9. The molecule has 5 atom stereocenters. The number of ketones is 1. The van der Waals surface area contributed by atoms with Gasteiger partial charge in [-0.2, -0.15) is 18.2 Å². The Labute approximate surface area is 324 Å². The van der Waals surface area contributed by atoms with Gasteiger partial charge in [-0.25, -0.2) is 12.8 Å². The van der Waals surface area contributed by atoms with Crippen molar-refractivity contribution in [3.8, 4) is 6.01 Å². The van der Waals surface area contributed by atoms with Crippen LogP contribution in [0.5, 0.6) is 6.01 Å². The number of hydrogen-bond donors (Lipinski definition) is 1. The molecule has 2 saturated carbocycles. The Kier molecular flexibility index (Phi) is 10.6. The Balaban J connectivity index is 1.23. The Hall–Kier alpha value is -4.27. The van der Waals surface area contributed by atoms with E-state index in [0.29, 0.717) is 49.7 Å². The molecule has 1 aromatic heterocycles. The molecule has 10 nitrogen and oxygen atoms in total. The average Bonchev–Trinajstić information content (AvgIpc) is 3.94. The zero-order chi connectivity index (χ0) is 40.2. The minimum absolute atomic E-state index is 0.0130. The van der Waals surface area contributed by atoms with Crippen LogP contribution in [0.15, 0.2) is 54.6 Å². The van der Waals surface area contributed by atoms with Gasteiger partial charge >= 0.3 is 6.18 Å². The van der Waals surface area contributed by atoms with Crippen LogP contribution in [-0.2, 0) is 37.0 Å². The lowest BCUT2D eigenvalue weighted by atomic mass is 9.89. The number of para-hydroxylation sites is 2. The number of halogens is 4. The van der Waals surface area contributed by atoms with E-state index in [1.54, 1.807) is 6.92 Å². The molecular formula is C41H48F4N4O6S. The summed E-state index contributed by atoms with van der Waals surface area (Å²) < 4.78 is 91.7. The van der Waals surface area contributed by atoms with Crippen LogP contribution in [0.4, 0.5) is 17.6 Å². The van der Waals surface area contributed by atoms with Crippen molar-refractivity contribution >= 4 is 38.7 Å². The normalized spacial score (nSPS) is 27.6. The Morgan fingerprint density at radius 2 is 1.84 bits per heavy atom. The molecule has 2 aromatic carbocycles. The lowest BCUT2D eigenvalue weighted by molar-refractivity contribution is -0.142. The number of imidazole rings is 1. The number of rotatable bonds is 8. The summed E-state index contributed by atoms with van der Waals surface area (Å²) in [4.78, 5) is 49.3. The van der Waals surface area contributed by atoms with Crippen LogP contribution >= 0.6 is 0 Å². The fraction of sp³-hybridized carbons (Fsp3) is 0.561. The summed E-state index contributed by atoms with van der Waals surface area (Å²) >= 11 is 0. The number of allylic oxidation sites excluding steroid dienone is 2. The zero-order valence-corrected chi connectivity index (χ0v) is 32.6. The molecule has 56 heavy (non-hydrogen) atoms. The minimum Gasteiger partial charge on any atom is -0.459 e. The molecule has 4 aliphatic rings. The summed E-state index contributed by atoms with van der Waals surface area (Å²) in [5.41, 5.74) is -0.943. The third-order valence-electron chi connectivity index (χ3n) is 12.1. The molecule has 3 heterocycles. The first-order chi connectivity index (χ1) is 26.4. The second-order valence-electron chi connectivity index (χ2n) is 16.6. The number of amides is 2. The second-order valence-corrected chi connectivity index (χ2v) is 18.8. The van der Waals surface area contributed by atoms with Gasteiger partial charge < -0.3 is 9.64 Å². The van der Waals surface area contributed by atoms with Crippen LogP contribution in [0.2, 0.25) is 0 Å². The van der Waals surface area contributed by atoms with Crippen molar-refractivity contribution in [3.63, 3.8) is 0 Å². The highest BCUT2D eigenvalue weighted by Crippen LogP contribution is 2.57. The Bertz CT molecular complexity index is 2160. The standard InChI is InChI=1S/C41H48F4N4O6S/c1-25(2)49-33-14-10-9-13-32(33)46-38(49)55-31-21-34-35(50)23-40(37(52)47-56(53,54)39(3)15-16-39)22-28(40)12-8-6-4-5-7-11-27(36(51)48(34)24-31)17-26-18-29(41(43,44)45)20-30(42)19-26/h8-10,12-14,18-20,25,27-28,31,34H,4-7,11,15-17,21-24H2,1-3H3,(H,47,52)/b12-8-/t27-,28-,31-,34+,40-/m1/s1. The molecule has 0 bridgehead atoms. The molecule has 302 valence electrons. The van der Waals surface area contributed by atoms with Gasteiger partial charge in [-0.05, 0) is 108 Å². The number of hydrogen-bond acceptors (Lipinski definition) is 7. The van der Waals surface area contributed by atoms with E-state index in [-0.39, 0.29) is 56.2 Å². The average molecular weight is 801 g/mol. The predicted molar refractivity (Wildman–Crippen MR) is 200 cm³/mol. The predicted octanol–water partition coefficient (Wildman–Crippen LogP) is 7.47. The van der Waals surface area contributed by atoms with Crippen LogP contribution in [0, 0.1) is 23.1 Å². The minimum atomic E-state index is -4.79. The molecule has 15 heteroatoms. The molecule has 1 saturated heterocycles. The van der Waals surface area contributed by atoms with Crippen molar-refractivity contribution < 1.29 is 45.1 Å². The lowest BCUT2D eigenvalue weighted by Crippen LogP contribution is -2.47. The van der Waals surface area contributed by atoms with E-state index < -0.39 is 73.4 Å². The van der Waals surface area contributed by atoms with Crippen LogP contribution in [0.3, 0.4) is 0 Å². The first-order valence-corrected chi connectivity index (χ1v) is 21.0. The summed E-state index contributed by atoms with van der Waals surface area (Å²) in [5, 5.41) is 0. The van der Waals surface area contributed by atoms with Crippen molar-refractivity contribution in [3.05, 3.63) is 71.6 Å². The van der Waals surface area contributed by atoms with Gasteiger partial charge in [0.2, 0.25) is 21.8 Å². The molecule has 3 fully saturated rings. The molecule has 2 aliphatic heterocycles. The van der Waals surface area contributed by atoms with Gasteiger partial charge in [-0.3, -0.25) is 23.7 Å². The largest absolute Gasteiger partial charge is 0.459 e. The first kappa shape index (κ1) is 39.9. The van der Waals surface area contributed by atoms with Crippen molar-refractivity contribution in [1.29, 1.82) is 0 Å². The summed E-state index contributed by atoms with van der Waals surface area (Å²) in [6.45, 7) is 5.48. The van der Waals surface area contributed by atoms with Crippen molar-refractivity contribution in [2.45, 2.75) is 121 Å². The summed E-state index contributed by atoms with van der Waals surface area (Å²) in [7, 11) is -4.00. The molecule has 0 unspecified atom stereocenters. The SMILES string of the molecule is CC(C)n1c(O[C@@H]2C[C@H]3C(=O)C[C@]4(C(=O)NS(=O)(=O)C5(C)CC5)C[C@H]4/C=C\CCCCC[C@H](Cc4cc(F)cc(C(F)(F)F)c4)C(=O)N3C2)nc2ccccc21. The van der Waals surface area contributed by atoms with E-state index in [0.717, 1.165) is 24.1 Å². The number of nitrogens with one attached hydrogen (secondary N) is 1. The van der Waals surface area contributed by atoms with E-state index >= 15 is 0 Å². The highest BCUT2D eigenvalue weighted by atomic mass is 32.2. The van der Waals surface area contributed by atoms with Crippen molar-refractivity contribution in [1.82, 2.24) is 19.2 Å². The number of ether oxygens (including phenoxy) is 1. The van der Waals surface area contributed by atoms with Gasteiger partial charge in [0.15, 0.2) is 5.78 Å². The van der Waals surface area contributed by atoms with Gasteiger partial charge in [0, 0.05) is 24.8 Å². The smallest absolute Gasteiger partial charge is 0.416 e. The van der Waals surface area contributed by atoms with E-state index in [4.69, 9.17) is 9.72 Å². The number of Topliss-reactive ketones (excluding diaryl/α,β-unsaturated/α-hetero) is 1. The van der Waals surface area contributed by atoms with Gasteiger partial charge in [-0.1, -0.05) is 37.1 Å². The van der Waals surface area contributed by atoms with Gasteiger partial charge in [0.05, 0.1) is 39.3 Å². The highest BCUT2D eigenvalue weighted by Gasteiger charge is 2.62. The monoisotopic (exact) mass is 800 g/mol. The number of nitrogens with zero attached hydrogens (tertiary/aromatic N) is 3. The highest BCUT2D eigenvalue weighted by molar-refractivity contribution is 7.91. The van der Waals surface area contributed by atoms with E-state index in [1.807, 2.05) is 54.8 Å². The molecule has 0 radical (unpaired) electrons. The van der Waals surface area contributed by atoms with Gasteiger partial charge in [0.1, 0.15) is 11.9 Å². The van der Waals surface area contributed by atoms with E-state index in [9.17, 15) is 40.4 Å². The molecule has 2 aliphatic carbocycles. The maximum atomic E-state index is 14.7. The van der Waals surface area contributed by atoms with Crippen molar-refractivity contribution in [2.75, 3.05) is 6.54 Å². The maximum absolute atomic E-state index is 14.7. The number of alkyl halides is 3. The number of fused-ring (bicyclic) bond motifs is 3. The fourth-order valence-corrected chi connectivity index (χ4v) is 9.72. The number of carbonyl (C=O) groups excluding carboxylic acids is 3. The molecule has 3 aromatic rings. The Morgan fingerprint density at radius 3 is 2.55 bits per heavy atom. The summed E-state index contributed by atoms with van der Waals surface area (Å²) in [6, 6.07) is 8.94. The summed E-state index contributed by atoms with van der Waals surface area (Å²) in [6.07, 6.45) is 1.85. The third-order valence-corrected chi connectivity index (χ3v) is 14.2. The van der Waals surface area contributed by atoms with E-state index in [1.165, 1.54) is 4.90 Å². The molecule has 1 N–H and O–H groups in total. The molecule has 0 spiro atoms. The van der Waals surface area contributed by atoms with Crippen LogP contribution in [-0.4, -0.2) is 63.9 Å². The summed E-state index contributed by atoms with van der Waals surface area (Å²) in [5.74, 6) is -4.00. The van der Waals surface area contributed by atoms with Crippen LogP contribution in [0.1, 0.15) is 102 Å². The first-order valence-electron chi connectivity index (χ1n) is 19.5. The number of sulfonamides is 1. The van der Waals surface area contributed by atoms with Crippen LogP contribution < -0.4 is 9.46 Å².